The minimum atomic E-state index is -2.59. The first kappa shape index (κ1) is 17.2. The molecule has 2 aliphatic rings. The van der Waals surface area contributed by atoms with Gasteiger partial charge in [-0.25, -0.2) is 13.6 Å². The van der Waals surface area contributed by atoms with Gasteiger partial charge in [0.1, 0.15) is 5.60 Å². The van der Waals surface area contributed by atoms with Crippen LogP contribution < -0.4 is 0 Å². The quantitative estimate of drug-likeness (QED) is 0.820. The molecule has 1 aromatic rings. The average Bonchev–Trinajstić information content (AvgIpc) is 2.88. The van der Waals surface area contributed by atoms with E-state index in [0.717, 1.165) is 11.4 Å². The molecule has 1 aromatic heterocycles. The Morgan fingerprint density at radius 1 is 1.38 bits per heavy atom. The summed E-state index contributed by atoms with van der Waals surface area (Å²) in [4.78, 5) is 13.7. The maximum Gasteiger partial charge on any atom is 0.410 e. The SMILES string of the molecule is Cc1cc(C2CN(C(=O)OC(C)(C)C)C2)n(C2CCC(F)(F)C2)n1. The van der Waals surface area contributed by atoms with Crippen LogP contribution in [0.2, 0.25) is 0 Å². The van der Waals surface area contributed by atoms with Gasteiger partial charge in [-0.15, -0.1) is 0 Å². The summed E-state index contributed by atoms with van der Waals surface area (Å²) < 4.78 is 34.2. The second kappa shape index (κ2) is 5.70. The van der Waals surface area contributed by atoms with Gasteiger partial charge in [0.2, 0.25) is 5.92 Å². The lowest BCUT2D eigenvalue weighted by atomic mass is 9.96. The summed E-state index contributed by atoms with van der Waals surface area (Å²) in [6.45, 7) is 8.46. The van der Waals surface area contributed by atoms with Gasteiger partial charge in [-0.05, 0) is 40.2 Å². The van der Waals surface area contributed by atoms with Crippen molar-refractivity contribution in [2.24, 2.45) is 0 Å². The lowest BCUT2D eigenvalue weighted by Crippen LogP contribution is -2.50. The lowest BCUT2D eigenvalue weighted by molar-refractivity contribution is 0.00415. The van der Waals surface area contributed by atoms with Crippen molar-refractivity contribution in [2.45, 2.75) is 70.4 Å². The fraction of sp³-hybridized carbons (Fsp3) is 0.765. The zero-order valence-electron chi connectivity index (χ0n) is 14.7. The van der Waals surface area contributed by atoms with Crippen LogP contribution in [0.25, 0.3) is 0 Å². The molecule has 0 bridgehead atoms. The molecule has 1 saturated heterocycles. The van der Waals surface area contributed by atoms with Crippen molar-refractivity contribution in [3.8, 4) is 0 Å². The van der Waals surface area contributed by atoms with Gasteiger partial charge < -0.3 is 9.64 Å². The molecule has 2 fully saturated rings. The highest BCUT2D eigenvalue weighted by Crippen LogP contribution is 2.43. The van der Waals surface area contributed by atoms with E-state index >= 15 is 0 Å². The van der Waals surface area contributed by atoms with E-state index in [4.69, 9.17) is 4.74 Å². The molecule has 134 valence electrons. The lowest BCUT2D eigenvalue weighted by Gasteiger charge is -2.40. The molecule has 1 amide bonds. The fourth-order valence-corrected chi connectivity index (χ4v) is 3.41. The van der Waals surface area contributed by atoms with E-state index in [1.165, 1.54) is 0 Å². The summed E-state index contributed by atoms with van der Waals surface area (Å²) in [5.41, 5.74) is 1.27. The van der Waals surface area contributed by atoms with Gasteiger partial charge in [0, 0.05) is 37.5 Å². The number of rotatable bonds is 2. The van der Waals surface area contributed by atoms with Crippen LogP contribution in [0.15, 0.2) is 6.07 Å². The Kier molecular flexibility index (Phi) is 4.08. The topological polar surface area (TPSA) is 47.4 Å². The molecule has 0 radical (unpaired) electrons. The summed E-state index contributed by atoms with van der Waals surface area (Å²) in [5, 5.41) is 4.44. The monoisotopic (exact) mass is 341 g/mol. The number of hydrogen-bond donors (Lipinski definition) is 0. The van der Waals surface area contributed by atoms with Crippen molar-refractivity contribution in [3.63, 3.8) is 0 Å². The number of carbonyl (C=O) groups excluding carboxylic acids is 1. The van der Waals surface area contributed by atoms with Crippen LogP contribution in [0.5, 0.6) is 0 Å². The Morgan fingerprint density at radius 3 is 2.58 bits per heavy atom. The number of amides is 1. The van der Waals surface area contributed by atoms with Gasteiger partial charge in [0.25, 0.3) is 0 Å². The molecule has 7 heteroatoms. The summed E-state index contributed by atoms with van der Waals surface area (Å²) in [7, 11) is 0. The van der Waals surface area contributed by atoms with Gasteiger partial charge in [-0.1, -0.05) is 0 Å². The number of ether oxygens (including phenoxy) is 1. The number of carbonyl (C=O) groups is 1. The third-order valence-corrected chi connectivity index (χ3v) is 4.56. The number of aryl methyl sites for hydroxylation is 1. The molecular formula is C17H25F2N3O2. The van der Waals surface area contributed by atoms with Gasteiger partial charge in [-0.3, -0.25) is 4.68 Å². The minimum Gasteiger partial charge on any atom is -0.444 e. The summed E-state index contributed by atoms with van der Waals surface area (Å²) >= 11 is 0. The molecule has 1 aliphatic carbocycles. The summed E-state index contributed by atoms with van der Waals surface area (Å²) in [5.74, 6) is -2.46. The van der Waals surface area contributed by atoms with Crippen LogP contribution in [0.3, 0.4) is 0 Å². The van der Waals surface area contributed by atoms with E-state index < -0.39 is 11.5 Å². The molecule has 0 spiro atoms. The third kappa shape index (κ3) is 3.54. The molecule has 1 unspecified atom stereocenters. The van der Waals surface area contributed by atoms with Crippen LogP contribution in [-0.2, 0) is 4.74 Å². The van der Waals surface area contributed by atoms with Crippen molar-refractivity contribution in [2.75, 3.05) is 13.1 Å². The summed E-state index contributed by atoms with van der Waals surface area (Å²) in [6.07, 6.45) is -0.105. The van der Waals surface area contributed by atoms with Gasteiger partial charge in [0.15, 0.2) is 0 Å². The normalized spacial score (nSPS) is 24.1. The number of likely N-dealkylation sites (tertiary alicyclic amines) is 1. The third-order valence-electron chi connectivity index (χ3n) is 4.56. The van der Waals surface area contributed by atoms with Crippen LogP contribution in [-0.4, -0.2) is 45.4 Å². The zero-order valence-corrected chi connectivity index (χ0v) is 14.7. The first-order chi connectivity index (χ1) is 11.0. The Bertz CT molecular complexity index is 630. The van der Waals surface area contributed by atoms with Gasteiger partial charge >= 0.3 is 6.09 Å². The maximum absolute atomic E-state index is 13.5. The highest BCUT2D eigenvalue weighted by molar-refractivity contribution is 5.69. The van der Waals surface area contributed by atoms with Gasteiger partial charge in [-0.2, -0.15) is 5.10 Å². The predicted molar refractivity (Wildman–Crippen MR) is 85.3 cm³/mol. The minimum absolute atomic E-state index is 0.0787. The van der Waals surface area contributed by atoms with Crippen LogP contribution in [0.4, 0.5) is 13.6 Å². The first-order valence-electron chi connectivity index (χ1n) is 8.46. The maximum atomic E-state index is 13.5. The Balaban J connectivity index is 1.66. The molecule has 2 heterocycles. The molecule has 3 rings (SSSR count). The number of hydrogen-bond acceptors (Lipinski definition) is 3. The Morgan fingerprint density at radius 2 is 2.04 bits per heavy atom. The highest BCUT2D eigenvalue weighted by atomic mass is 19.3. The van der Waals surface area contributed by atoms with E-state index in [1.54, 1.807) is 9.58 Å². The van der Waals surface area contributed by atoms with Crippen molar-refractivity contribution in [3.05, 3.63) is 17.5 Å². The molecule has 0 aromatic carbocycles. The van der Waals surface area contributed by atoms with Crippen molar-refractivity contribution >= 4 is 6.09 Å². The van der Waals surface area contributed by atoms with E-state index in [2.05, 4.69) is 5.10 Å². The predicted octanol–water partition coefficient (Wildman–Crippen LogP) is 3.89. The summed E-state index contributed by atoms with van der Waals surface area (Å²) in [6, 6.07) is 1.70. The molecule has 1 atom stereocenters. The molecule has 1 aliphatic heterocycles. The smallest absolute Gasteiger partial charge is 0.410 e. The first-order valence-corrected chi connectivity index (χ1v) is 8.46. The van der Waals surface area contributed by atoms with Crippen molar-refractivity contribution in [1.29, 1.82) is 0 Å². The Labute approximate surface area is 141 Å². The van der Waals surface area contributed by atoms with Crippen LogP contribution in [0.1, 0.15) is 63.4 Å². The number of halogens is 2. The molecular weight excluding hydrogens is 316 g/mol. The fourth-order valence-electron chi connectivity index (χ4n) is 3.41. The number of alkyl halides is 2. The van der Waals surface area contributed by atoms with Crippen molar-refractivity contribution < 1.29 is 18.3 Å². The van der Waals surface area contributed by atoms with E-state index in [1.807, 2.05) is 33.8 Å². The highest BCUT2D eigenvalue weighted by Gasteiger charge is 2.43. The number of nitrogens with zero attached hydrogens (tertiary/aromatic N) is 3. The molecule has 24 heavy (non-hydrogen) atoms. The Hall–Kier alpha value is -1.66. The van der Waals surface area contributed by atoms with E-state index in [-0.39, 0.29) is 30.9 Å². The average molecular weight is 341 g/mol. The second-order valence-electron chi connectivity index (χ2n) is 7.99. The van der Waals surface area contributed by atoms with Crippen LogP contribution >= 0.6 is 0 Å². The zero-order chi connectivity index (χ0) is 17.7. The van der Waals surface area contributed by atoms with Crippen LogP contribution in [0, 0.1) is 6.92 Å². The largest absolute Gasteiger partial charge is 0.444 e. The number of aromatic nitrogens is 2. The van der Waals surface area contributed by atoms with Gasteiger partial charge in [0.05, 0.1) is 11.7 Å². The molecule has 0 N–H and O–H groups in total. The standard InChI is InChI=1S/C17H25F2N3O2/c1-11-7-14(22(20-11)13-5-6-17(18,19)8-13)12-9-21(10-12)15(23)24-16(2,3)4/h7,12-13H,5-6,8-10H2,1-4H3. The van der Waals surface area contributed by atoms with Crippen molar-refractivity contribution in [1.82, 2.24) is 14.7 Å². The second-order valence-corrected chi connectivity index (χ2v) is 7.99. The van der Waals surface area contributed by atoms with E-state index in [0.29, 0.717) is 19.5 Å². The van der Waals surface area contributed by atoms with E-state index in [9.17, 15) is 13.6 Å². The molecule has 1 saturated carbocycles. The molecule has 5 nitrogen and oxygen atoms in total.